The Morgan fingerprint density at radius 1 is 1.12 bits per heavy atom. The summed E-state index contributed by atoms with van der Waals surface area (Å²) in [6, 6.07) is 3.98. The highest BCUT2D eigenvalue weighted by Gasteiger charge is 2.38. The van der Waals surface area contributed by atoms with Crippen molar-refractivity contribution in [3.8, 4) is 0 Å². The Hall–Kier alpha value is -1.18. The number of hydrogen-bond acceptors (Lipinski definition) is 3. The van der Waals surface area contributed by atoms with Gasteiger partial charge in [0.05, 0.1) is 5.56 Å². The lowest BCUT2D eigenvalue weighted by Gasteiger charge is -2.38. The fourth-order valence-corrected chi connectivity index (χ4v) is 3.71. The first-order chi connectivity index (χ1) is 11.5. The van der Waals surface area contributed by atoms with Crippen LogP contribution in [0.2, 0.25) is 0 Å². The maximum atomic E-state index is 13.8. The first-order valence-electron chi connectivity index (χ1n) is 8.35. The molecule has 1 aromatic carbocycles. The van der Waals surface area contributed by atoms with Gasteiger partial charge in [0.15, 0.2) is 0 Å². The number of alkyl halides is 3. The molecule has 0 aromatic heterocycles. The molecule has 2 saturated heterocycles. The van der Waals surface area contributed by atoms with Crippen molar-refractivity contribution in [3.63, 3.8) is 0 Å². The number of hydrogen-bond donors (Lipinski definition) is 1. The van der Waals surface area contributed by atoms with Crippen LogP contribution in [0.3, 0.4) is 0 Å². The van der Waals surface area contributed by atoms with E-state index in [0.717, 1.165) is 38.4 Å². The highest BCUT2D eigenvalue weighted by atomic mass is 19.4. The van der Waals surface area contributed by atoms with Gasteiger partial charge in [-0.15, -0.1) is 0 Å². The van der Waals surface area contributed by atoms with Crippen LogP contribution < -0.4 is 5.32 Å². The van der Waals surface area contributed by atoms with Crippen molar-refractivity contribution in [2.75, 3.05) is 26.3 Å². The Labute approximate surface area is 139 Å². The van der Waals surface area contributed by atoms with Gasteiger partial charge in [-0.05, 0) is 37.4 Å². The van der Waals surface area contributed by atoms with Gasteiger partial charge in [0.1, 0.15) is 5.82 Å². The lowest BCUT2D eigenvalue weighted by molar-refractivity contribution is -0.141. The van der Waals surface area contributed by atoms with Crippen LogP contribution in [-0.2, 0) is 17.5 Å². The van der Waals surface area contributed by atoms with E-state index in [4.69, 9.17) is 4.74 Å². The maximum absolute atomic E-state index is 13.8. The van der Waals surface area contributed by atoms with E-state index >= 15 is 0 Å². The summed E-state index contributed by atoms with van der Waals surface area (Å²) in [6.45, 7) is 2.98. The first kappa shape index (κ1) is 17.6. The molecule has 1 N–H and O–H groups in total. The largest absolute Gasteiger partial charge is 0.419 e. The number of nitrogens with one attached hydrogen (secondary N) is 1. The van der Waals surface area contributed by atoms with Crippen LogP contribution in [-0.4, -0.2) is 43.3 Å². The van der Waals surface area contributed by atoms with Crippen LogP contribution in [0, 0.1) is 5.82 Å². The molecule has 134 valence electrons. The number of nitrogens with zero attached hydrogens (tertiary/aromatic N) is 1. The van der Waals surface area contributed by atoms with Crippen molar-refractivity contribution < 1.29 is 22.3 Å². The van der Waals surface area contributed by atoms with Gasteiger partial charge in [0.25, 0.3) is 0 Å². The number of ether oxygens (including phenoxy) is 1. The minimum absolute atomic E-state index is 0.0147. The van der Waals surface area contributed by atoms with E-state index in [1.807, 2.05) is 0 Å². The molecule has 1 aromatic rings. The molecule has 0 saturated carbocycles. The third kappa shape index (κ3) is 3.90. The highest BCUT2D eigenvalue weighted by Crippen LogP contribution is 2.35. The molecule has 3 rings (SSSR count). The molecule has 2 heterocycles. The normalized spacial score (nSPS) is 23.1. The van der Waals surface area contributed by atoms with Gasteiger partial charge >= 0.3 is 6.18 Å². The molecule has 0 radical (unpaired) electrons. The molecule has 0 bridgehead atoms. The molecule has 0 amide bonds. The molecule has 2 aliphatic rings. The average Bonchev–Trinajstić information content (AvgIpc) is 3.06. The van der Waals surface area contributed by atoms with Crippen LogP contribution in [0.15, 0.2) is 18.2 Å². The summed E-state index contributed by atoms with van der Waals surface area (Å²) in [5.41, 5.74) is -1.12. The Kier molecular flexibility index (Phi) is 5.42. The van der Waals surface area contributed by atoms with Gasteiger partial charge < -0.3 is 10.1 Å². The minimum atomic E-state index is -4.68. The summed E-state index contributed by atoms with van der Waals surface area (Å²) < 4.78 is 59.1. The third-order valence-corrected chi connectivity index (χ3v) is 4.90. The molecule has 3 nitrogen and oxygen atoms in total. The van der Waals surface area contributed by atoms with Gasteiger partial charge in [-0.2, -0.15) is 13.2 Å². The molecule has 0 aliphatic carbocycles. The Balaban J connectivity index is 1.88. The summed E-state index contributed by atoms with van der Waals surface area (Å²) in [6.07, 6.45) is -2.19. The van der Waals surface area contributed by atoms with Gasteiger partial charge in [0, 0.05) is 38.4 Å². The Morgan fingerprint density at radius 3 is 2.50 bits per heavy atom. The topological polar surface area (TPSA) is 24.5 Å². The third-order valence-electron chi connectivity index (χ3n) is 4.90. The second-order valence-electron chi connectivity index (χ2n) is 6.43. The van der Waals surface area contributed by atoms with Crippen LogP contribution >= 0.6 is 0 Å². The van der Waals surface area contributed by atoms with E-state index in [1.165, 1.54) is 12.1 Å². The van der Waals surface area contributed by atoms with E-state index in [2.05, 4.69) is 10.2 Å². The molecule has 0 spiro atoms. The fourth-order valence-electron chi connectivity index (χ4n) is 3.71. The summed E-state index contributed by atoms with van der Waals surface area (Å²) in [4.78, 5) is 2.12. The van der Waals surface area contributed by atoms with Gasteiger partial charge in [-0.3, -0.25) is 4.90 Å². The zero-order chi connectivity index (χ0) is 17.2. The minimum Gasteiger partial charge on any atom is -0.381 e. The SMILES string of the molecule is Fc1cccc(CN(C2CCOCC2)[C@H]2CCNC2)c1C(F)(F)F. The van der Waals surface area contributed by atoms with E-state index < -0.39 is 17.6 Å². The van der Waals surface area contributed by atoms with Gasteiger partial charge in [-0.1, -0.05) is 12.1 Å². The van der Waals surface area contributed by atoms with Crippen molar-refractivity contribution in [1.82, 2.24) is 10.2 Å². The van der Waals surface area contributed by atoms with Crippen LogP contribution in [0.25, 0.3) is 0 Å². The first-order valence-corrected chi connectivity index (χ1v) is 8.35. The standard InChI is InChI=1S/C17H22F4N2O/c18-15-3-1-2-12(16(15)17(19,20)21)11-23(14-4-7-22-10-14)13-5-8-24-9-6-13/h1-3,13-14,22H,4-11H2/t14-/m0/s1. The predicted octanol–water partition coefficient (Wildman–Crippen LogP) is 3.19. The molecular formula is C17H22F4N2O. The van der Waals surface area contributed by atoms with Crippen molar-refractivity contribution in [2.24, 2.45) is 0 Å². The second-order valence-corrected chi connectivity index (χ2v) is 6.43. The smallest absolute Gasteiger partial charge is 0.381 e. The molecule has 1 atom stereocenters. The second kappa shape index (κ2) is 7.37. The molecule has 2 fully saturated rings. The zero-order valence-corrected chi connectivity index (χ0v) is 13.4. The van der Waals surface area contributed by atoms with Crippen LogP contribution in [0.4, 0.5) is 17.6 Å². The lowest BCUT2D eigenvalue weighted by atomic mass is 10.00. The predicted molar refractivity (Wildman–Crippen MR) is 82.1 cm³/mol. The number of rotatable bonds is 4. The quantitative estimate of drug-likeness (QED) is 0.848. The van der Waals surface area contributed by atoms with E-state index in [1.54, 1.807) is 0 Å². The van der Waals surface area contributed by atoms with Crippen LogP contribution in [0.5, 0.6) is 0 Å². The van der Waals surface area contributed by atoms with Crippen molar-refractivity contribution in [3.05, 3.63) is 35.1 Å². The molecule has 7 heteroatoms. The van der Waals surface area contributed by atoms with E-state index in [-0.39, 0.29) is 24.2 Å². The summed E-state index contributed by atoms with van der Waals surface area (Å²) in [7, 11) is 0. The molecular weight excluding hydrogens is 324 g/mol. The number of halogens is 4. The van der Waals surface area contributed by atoms with Crippen LogP contribution in [0.1, 0.15) is 30.4 Å². The van der Waals surface area contributed by atoms with E-state index in [9.17, 15) is 17.6 Å². The maximum Gasteiger partial charge on any atom is 0.419 e. The molecule has 2 aliphatic heterocycles. The Bertz CT molecular complexity index is 552. The monoisotopic (exact) mass is 346 g/mol. The average molecular weight is 346 g/mol. The Morgan fingerprint density at radius 2 is 1.88 bits per heavy atom. The fraction of sp³-hybridized carbons (Fsp3) is 0.647. The summed E-state index contributed by atoms with van der Waals surface area (Å²) in [5.74, 6) is -1.20. The van der Waals surface area contributed by atoms with Crippen molar-refractivity contribution in [2.45, 2.75) is 44.1 Å². The van der Waals surface area contributed by atoms with Crippen molar-refractivity contribution >= 4 is 0 Å². The van der Waals surface area contributed by atoms with Crippen molar-refractivity contribution in [1.29, 1.82) is 0 Å². The lowest BCUT2D eigenvalue weighted by Crippen LogP contribution is -2.46. The molecule has 24 heavy (non-hydrogen) atoms. The zero-order valence-electron chi connectivity index (χ0n) is 13.4. The van der Waals surface area contributed by atoms with Gasteiger partial charge in [0.2, 0.25) is 0 Å². The molecule has 0 unspecified atom stereocenters. The van der Waals surface area contributed by atoms with E-state index in [0.29, 0.717) is 13.2 Å². The number of benzene rings is 1. The van der Waals surface area contributed by atoms with Gasteiger partial charge in [-0.25, -0.2) is 4.39 Å². The summed E-state index contributed by atoms with van der Waals surface area (Å²) in [5, 5.41) is 3.26. The summed E-state index contributed by atoms with van der Waals surface area (Å²) >= 11 is 0. The highest BCUT2D eigenvalue weighted by molar-refractivity contribution is 5.31.